The third-order valence-electron chi connectivity index (χ3n) is 5.86. The first kappa shape index (κ1) is 24.1. The predicted molar refractivity (Wildman–Crippen MR) is 123 cm³/mol. The van der Waals surface area contributed by atoms with E-state index < -0.39 is 21.9 Å². The highest BCUT2D eigenvalue weighted by atomic mass is 32.2. The van der Waals surface area contributed by atoms with Crippen LogP contribution in [0, 0.1) is 12.7 Å². The molecular formula is C22H30FN5O3S. The van der Waals surface area contributed by atoms with Gasteiger partial charge in [-0.2, -0.15) is 0 Å². The summed E-state index contributed by atoms with van der Waals surface area (Å²) < 4.78 is 40.2. The van der Waals surface area contributed by atoms with Gasteiger partial charge in [0.25, 0.3) is 0 Å². The fourth-order valence-electron chi connectivity index (χ4n) is 3.98. The van der Waals surface area contributed by atoms with Gasteiger partial charge in [-0.25, -0.2) is 21.9 Å². The molecule has 0 atom stereocenters. The quantitative estimate of drug-likeness (QED) is 0.680. The number of carbonyl (C=O) groups is 1. The summed E-state index contributed by atoms with van der Waals surface area (Å²) in [5.41, 5.74) is 7.88. The molecule has 0 aliphatic carbocycles. The number of anilines is 2. The van der Waals surface area contributed by atoms with E-state index in [0.29, 0.717) is 49.4 Å². The van der Waals surface area contributed by atoms with Gasteiger partial charge < -0.3 is 5.73 Å². The average Bonchev–Trinajstić information content (AvgIpc) is 2.74. The molecular weight excluding hydrogens is 433 g/mol. The summed E-state index contributed by atoms with van der Waals surface area (Å²) in [7, 11) is -1.59. The minimum Gasteiger partial charge on any atom is -0.351 e. The molecule has 2 heterocycles. The maximum absolute atomic E-state index is 14.4. The molecule has 2 N–H and O–H groups in total. The van der Waals surface area contributed by atoms with Crippen molar-refractivity contribution < 1.29 is 17.6 Å². The Bertz CT molecular complexity index is 1050. The van der Waals surface area contributed by atoms with Gasteiger partial charge in [-0.05, 0) is 62.6 Å². The number of rotatable bonds is 7. The van der Waals surface area contributed by atoms with Gasteiger partial charge >= 0.3 is 6.03 Å². The van der Waals surface area contributed by atoms with E-state index in [-0.39, 0.29) is 11.8 Å². The third-order valence-corrected chi connectivity index (χ3v) is 7.76. The van der Waals surface area contributed by atoms with E-state index in [9.17, 15) is 17.6 Å². The number of aromatic nitrogens is 1. The van der Waals surface area contributed by atoms with Crippen LogP contribution in [0.2, 0.25) is 0 Å². The molecule has 1 aromatic carbocycles. The first-order valence-electron chi connectivity index (χ1n) is 10.6. The summed E-state index contributed by atoms with van der Waals surface area (Å²) in [5.74, 6) is -0.379. The molecule has 0 spiro atoms. The van der Waals surface area contributed by atoms with Crippen LogP contribution in [-0.4, -0.2) is 60.6 Å². The van der Waals surface area contributed by atoms with Gasteiger partial charge in [-0.1, -0.05) is 0 Å². The Hall–Kier alpha value is -2.56. The first-order valence-corrected chi connectivity index (χ1v) is 12.2. The summed E-state index contributed by atoms with van der Waals surface area (Å²) in [4.78, 5) is 19.7. The molecule has 1 fully saturated rings. The second-order valence-corrected chi connectivity index (χ2v) is 10.4. The molecule has 1 saturated heterocycles. The lowest BCUT2D eigenvalue weighted by molar-refractivity contribution is 0.164. The molecule has 174 valence electrons. The van der Waals surface area contributed by atoms with Crippen LogP contribution in [0.4, 0.5) is 20.6 Å². The molecule has 0 radical (unpaired) electrons. The molecule has 10 heteroatoms. The number of carbonyl (C=O) groups excluding carboxylic acids is 1. The molecule has 2 amide bonds. The third kappa shape index (κ3) is 5.62. The fraction of sp³-hybridized carbons (Fsp3) is 0.455. The number of nitrogens with zero attached hydrogens (tertiary/aromatic N) is 4. The predicted octanol–water partition coefficient (Wildman–Crippen LogP) is 2.99. The van der Waals surface area contributed by atoms with Gasteiger partial charge in [0.2, 0.25) is 10.0 Å². The van der Waals surface area contributed by atoms with Crippen LogP contribution < -0.4 is 10.6 Å². The molecule has 1 aliphatic rings. The summed E-state index contributed by atoms with van der Waals surface area (Å²) >= 11 is 0. The molecule has 1 aromatic heterocycles. The number of urea groups is 1. The first-order chi connectivity index (χ1) is 15.1. The smallest absolute Gasteiger partial charge is 0.323 e. The second-order valence-electron chi connectivity index (χ2n) is 8.07. The summed E-state index contributed by atoms with van der Waals surface area (Å²) in [5, 5.41) is 0. The monoisotopic (exact) mass is 463 g/mol. The number of hydrogen-bond donors (Lipinski definition) is 1. The van der Waals surface area contributed by atoms with Crippen LogP contribution in [0.5, 0.6) is 0 Å². The summed E-state index contributed by atoms with van der Waals surface area (Å²) in [6.45, 7) is 5.35. The standard InChI is InChI=1S/C22H30FN5O3S/c1-4-32(30,31)26(3)19-7-9-27(10-8-19)15-17-11-18(23)13-21(12-17)28(22(24)29)20-6-5-16(2)25-14-20/h5-6,11-14,19H,4,7-10,15H2,1-3H3,(H2,24,29). The number of likely N-dealkylation sites (tertiary alicyclic amines) is 1. The van der Waals surface area contributed by atoms with Crippen LogP contribution in [0.25, 0.3) is 0 Å². The Morgan fingerprint density at radius 2 is 1.91 bits per heavy atom. The van der Waals surface area contributed by atoms with E-state index in [2.05, 4.69) is 9.88 Å². The number of halogens is 1. The van der Waals surface area contributed by atoms with E-state index >= 15 is 0 Å². The number of benzene rings is 1. The zero-order valence-electron chi connectivity index (χ0n) is 18.7. The van der Waals surface area contributed by atoms with Crippen molar-refractivity contribution in [3.63, 3.8) is 0 Å². The van der Waals surface area contributed by atoms with E-state index in [1.807, 2.05) is 6.92 Å². The maximum atomic E-state index is 14.4. The highest BCUT2D eigenvalue weighted by molar-refractivity contribution is 7.89. The summed E-state index contributed by atoms with van der Waals surface area (Å²) in [6.07, 6.45) is 2.94. The van der Waals surface area contributed by atoms with Gasteiger partial charge in [-0.15, -0.1) is 0 Å². The summed E-state index contributed by atoms with van der Waals surface area (Å²) in [6, 6.07) is 7.16. The van der Waals surface area contributed by atoms with Gasteiger partial charge in [0.15, 0.2) is 0 Å². The molecule has 0 bridgehead atoms. The van der Waals surface area contributed by atoms with Gasteiger partial charge in [-0.3, -0.25) is 14.8 Å². The Morgan fingerprint density at radius 1 is 1.22 bits per heavy atom. The van der Waals surface area contributed by atoms with Crippen molar-refractivity contribution in [1.29, 1.82) is 0 Å². The van der Waals surface area contributed by atoms with Gasteiger partial charge in [0, 0.05) is 38.4 Å². The highest BCUT2D eigenvalue weighted by Gasteiger charge is 2.28. The number of hydrogen-bond acceptors (Lipinski definition) is 5. The van der Waals surface area contributed by atoms with E-state index in [0.717, 1.165) is 5.69 Å². The Labute approximate surface area is 188 Å². The van der Waals surface area contributed by atoms with E-state index in [1.165, 1.54) is 27.5 Å². The lowest BCUT2D eigenvalue weighted by atomic mass is 10.0. The van der Waals surface area contributed by atoms with E-state index in [4.69, 9.17) is 5.73 Å². The maximum Gasteiger partial charge on any atom is 0.323 e. The van der Waals surface area contributed by atoms with Crippen molar-refractivity contribution in [2.24, 2.45) is 5.73 Å². The minimum absolute atomic E-state index is 0.0290. The van der Waals surface area contributed by atoms with Crippen LogP contribution in [0.15, 0.2) is 36.5 Å². The van der Waals surface area contributed by atoms with Crippen molar-refractivity contribution in [2.45, 2.75) is 39.3 Å². The Kier molecular flexibility index (Phi) is 7.47. The number of aryl methyl sites for hydroxylation is 1. The molecule has 32 heavy (non-hydrogen) atoms. The molecule has 2 aromatic rings. The number of piperidine rings is 1. The average molecular weight is 464 g/mol. The van der Waals surface area contributed by atoms with Crippen LogP contribution in [0.3, 0.4) is 0 Å². The largest absolute Gasteiger partial charge is 0.351 e. The molecule has 1 aliphatic heterocycles. The van der Waals surface area contributed by atoms with Crippen molar-refractivity contribution >= 4 is 27.4 Å². The molecule has 0 saturated carbocycles. The number of amides is 2. The van der Waals surface area contributed by atoms with E-state index in [1.54, 1.807) is 32.2 Å². The van der Waals surface area contributed by atoms with Crippen molar-refractivity contribution in [1.82, 2.24) is 14.2 Å². The highest BCUT2D eigenvalue weighted by Crippen LogP contribution is 2.28. The van der Waals surface area contributed by atoms with Crippen molar-refractivity contribution in [3.05, 3.63) is 53.6 Å². The Morgan fingerprint density at radius 3 is 2.47 bits per heavy atom. The molecule has 0 unspecified atom stereocenters. The van der Waals surface area contributed by atoms with Crippen molar-refractivity contribution in [3.8, 4) is 0 Å². The second kappa shape index (κ2) is 9.93. The van der Waals surface area contributed by atoms with Crippen LogP contribution in [-0.2, 0) is 16.6 Å². The number of pyridine rings is 1. The topological polar surface area (TPSA) is 99.8 Å². The normalized spacial score (nSPS) is 15.8. The lowest BCUT2D eigenvalue weighted by Gasteiger charge is -2.36. The minimum atomic E-state index is -3.22. The fourth-order valence-corrected chi connectivity index (χ4v) is 5.05. The molecule has 3 rings (SSSR count). The lowest BCUT2D eigenvalue weighted by Crippen LogP contribution is -2.45. The number of nitrogens with two attached hydrogens (primary N) is 1. The number of sulfonamides is 1. The number of primary amides is 1. The SMILES string of the molecule is CCS(=O)(=O)N(C)C1CCN(Cc2cc(F)cc(N(C(N)=O)c3ccc(C)nc3)c2)CC1. The molecule has 8 nitrogen and oxygen atoms in total. The zero-order chi connectivity index (χ0) is 23.5. The van der Waals surface area contributed by atoms with Crippen LogP contribution in [0.1, 0.15) is 31.0 Å². The van der Waals surface area contributed by atoms with Gasteiger partial charge in [0.05, 0.1) is 23.3 Å². The zero-order valence-corrected chi connectivity index (χ0v) is 19.5. The van der Waals surface area contributed by atoms with Crippen molar-refractivity contribution in [2.75, 3.05) is 30.8 Å². The van der Waals surface area contributed by atoms with Gasteiger partial charge in [0.1, 0.15) is 5.82 Å². The Balaban J connectivity index is 1.74. The van der Waals surface area contributed by atoms with Crippen LogP contribution >= 0.6 is 0 Å².